The van der Waals surface area contributed by atoms with Crippen LogP contribution in [0.15, 0.2) is 70.6 Å². The minimum atomic E-state index is -0.0266. The van der Waals surface area contributed by atoms with E-state index in [1.54, 1.807) is 4.90 Å². The summed E-state index contributed by atoms with van der Waals surface area (Å²) in [6.45, 7) is 8.60. The second-order valence-corrected chi connectivity index (χ2v) is 8.75. The van der Waals surface area contributed by atoms with Crippen LogP contribution in [-0.2, 0) is 4.79 Å². The number of fused-ring (bicyclic) bond motifs is 1. The molecule has 0 N–H and O–H groups in total. The van der Waals surface area contributed by atoms with Gasteiger partial charge in [-0.05, 0) is 74.5 Å². The van der Waals surface area contributed by atoms with Crippen LogP contribution in [0.3, 0.4) is 0 Å². The van der Waals surface area contributed by atoms with E-state index >= 15 is 0 Å². The van der Waals surface area contributed by atoms with Gasteiger partial charge in [0.25, 0.3) is 5.91 Å². The average Bonchev–Trinajstić information content (AvgIpc) is 3.06. The summed E-state index contributed by atoms with van der Waals surface area (Å²) in [4.78, 5) is 20.5. The standard InChI is InChI=1S/C26H26N2O2S/c1-5-30-23-15-12-19-8-6-7-9-21(19)22(23)16-24-25(29)28(17(2)3)26(31-24)27-20-13-10-18(4)11-14-20/h6-17H,5H2,1-4H3/b24-16+,27-26?. The van der Waals surface area contributed by atoms with Gasteiger partial charge in [-0.2, -0.15) is 0 Å². The van der Waals surface area contributed by atoms with Crippen molar-refractivity contribution in [2.24, 2.45) is 4.99 Å². The zero-order valence-electron chi connectivity index (χ0n) is 18.3. The van der Waals surface area contributed by atoms with E-state index in [4.69, 9.17) is 9.73 Å². The molecule has 0 bridgehead atoms. The van der Waals surface area contributed by atoms with Gasteiger partial charge in [-0.1, -0.05) is 48.0 Å². The van der Waals surface area contributed by atoms with E-state index in [2.05, 4.69) is 18.2 Å². The number of ether oxygens (including phenoxy) is 1. The quantitative estimate of drug-likeness (QED) is 0.431. The third-order valence-corrected chi connectivity index (χ3v) is 6.10. The molecule has 1 heterocycles. The highest BCUT2D eigenvalue weighted by molar-refractivity contribution is 8.18. The average molecular weight is 431 g/mol. The first-order valence-corrected chi connectivity index (χ1v) is 11.3. The van der Waals surface area contributed by atoms with Gasteiger partial charge in [-0.3, -0.25) is 9.69 Å². The number of aliphatic imine (C=N–C) groups is 1. The van der Waals surface area contributed by atoms with E-state index in [9.17, 15) is 4.79 Å². The maximum Gasteiger partial charge on any atom is 0.266 e. The molecule has 0 radical (unpaired) electrons. The Balaban J connectivity index is 1.80. The molecule has 4 nitrogen and oxygen atoms in total. The van der Waals surface area contributed by atoms with Gasteiger partial charge in [0, 0.05) is 11.6 Å². The smallest absolute Gasteiger partial charge is 0.266 e. The van der Waals surface area contributed by atoms with Crippen molar-refractivity contribution in [3.05, 3.63) is 76.7 Å². The molecule has 1 saturated heterocycles. The molecule has 1 amide bonds. The lowest BCUT2D eigenvalue weighted by Gasteiger charge is -2.19. The van der Waals surface area contributed by atoms with Crippen molar-refractivity contribution >= 4 is 45.4 Å². The molecule has 1 aliphatic rings. The fourth-order valence-corrected chi connectivity index (χ4v) is 4.69. The van der Waals surface area contributed by atoms with Gasteiger partial charge in [0.1, 0.15) is 5.75 Å². The molecule has 158 valence electrons. The predicted octanol–water partition coefficient (Wildman–Crippen LogP) is 6.56. The van der Waals surface area contributed by atoms with E-state index in [-0.39, 0.29) is 11.9 Å². The third-order valence-electron chi connectivity index (χ3n) is 5.12. The van der Waals surface area contributed by atoms with Crippen molar-refractivity contribution in [3.8, 4) is 5.75 Å². The summed E-state index contributed by atoms with van der Waals surface area (Å²) in [5.74, 6) is 0.753. The van der Waals surface area contributed by atoms with E-state index in [0.717, 1.165) is 27.8 Å². The first kappa shape index (κ1) is 21.2. The van der Waals surface area contributed by atoms with Crippen molar-refractivity contribution in [3.63, 3.8) is 0 Å². The van der Waals surface area contributed by atoms with Crippen LogP contribution in [0, 0.1) is 6.92 Å². The molecule has 0 atom stereocenters. The number of benzene rings is 3. The fourth-order valence-electron chi connectivity index (χ4n) is 3.59. The van der Waals surface area contributed by atoms with Gasteiger partial charge in [0.05, 0.1) is 17.2 Å². The van der Waals surface area contributed by atoms with Gasteiger partial charge in [0.2, 0.25) is 0 Å². The number of nitrogens with zero attached hydrogens (tertiary/aromatic N) is 2. The molecule has 31 heavy (non-hydrogen) atoms. The minimum absolute atomic E-state index is 0.00831. The number of aryl methyl sites for hydroxylation is 1. The zero-order chi connectivity index (χ0) is 22.0. The molecular formula is C26H26N2O2S. The van der Waals surface area contributed by atoms with Gasteiger partial charge < -0.3 is 4.74 Å². The van der Waals surface area contributed by atoms with Gasteiger partial charge in [-0.25, -0.2) is 4.99 Å². The molecule has 3 aromatic carbocycles. The van der Waals surface area contributed by atoms with Crippen LogP contribution < -0.4 is 4.74 Å². The Hall–Kier alpha value is -3.05. The lowest BCUT2D eigenvalue weighted by molar-refractivity contribution is -0.123. The van der Waals surface area contributed by atoms with Crippen LogP contribution in [0.4, 0.5) is 5.69 Å². The summed E-state index contributed by atoms with van der Waals surface area (Å²) in [7, 11) is 0. The molecule has 1 aliphatic heterocycles. The topological polar surface area (TPSA) is 41.9 Å². The fraction of sp³-hybridized carbons (Fsp3) is 0.231. The molecule has 0 saturated carbocycles. The molecule has 0 aliphatic carbocycles. The Morgan fingerprint density at radius 3 is 2.52 bits per heavy atom. The molecule has 0 aromatic heterocycles. The molecule has 4 rings (SSSR count). The highest BCUT2D eigenvalue weighted by atomic mass is 32.2. The Kier molecular flexibility index (Phi) is 6.14. The first-order chi connectivity index (χ1) is 15.0. The molecule has 0 unspecified atom stereocenters. The predicted molar refractivity (Wildman–Crippen MR) is 131 cm³/mol. The first-order valence-electron chi connectivity index (χ1n) is 10.5. The second-order valence-electron chi connectivity index (χ2n) is 7.74. The molecular weight excluding hydrogens is 404 g/mol. The highest BCUT2D eigenvalue weighted by Gasteiger charge is 2.35. The van der Waals surface area contributed by atoms with Crippen LogP contribution in [0.5, 0.6) is 5.75 Å². The van der Waals surface area contributed by atoms with Crippen molar-refractivity contribution in [2.75, 3.05) is 6.61 Å². The molecule has 0 spiro atoms. The number of amidine groups is 1. The second kappa shape index (κ2) is 8.98. The minimum Gasteiger partial charge on any atom is -0.493 e. The summed E-state index contributed by atoms with van der Waals surface area (Å²) in [6, 6.07) is 20.2. The largest absolute Gasteiger partial charge is 0.493 e. The Bertz CT molecular complexity index is 1180. The lowest BCUT2D eigenvalue weighted by Crippen LogP contribution is -2.35. The molecule has 5 heteroatoms. The molecule has 1 fully saturated rings. The summed E-state index contributed by atoms with van der Waals surface area (Å²) in [5, 5.41) is 2.88. The van der Waals surface area contributed by atoms with Crippen LogP contribution in [0.2, 0.25) is 0 Å². The van der Waals surface area contributed by atoms with Crippen molar-refractivity contribution in [1.82, 2.24) is 4.90 Å². The van der Waals surface area contributed by atoms with E-state index in [1.807, 2.05) is 76.2 Å². The van der Waals surface area contributed by atoms with Crippen molar-refractivity contribution in [2.45, 2.75) is 33.7 Å². The number of hydrogen-bond acceptors (Lipinski definition) is 4. The van der Waals surface area contributed by atoms with Crippen molar-refractivity contribution in [1.29, 1.82) is 0 Å². The highest BCUT2D eigenvalue weighted by Crippen LogP contribution is 2.38. The van der Waals surface area contributed by atoms with Crippen LogP contribution in [0.25, 0.3) is 16.8 Å². The SMILES string of the molecule is CCOc1ccc2ccccc2c1/C=C1/SC(=Nc2ccc(C)cc2)N(C(C)C)C1=O. The van der Waals surface area contributed by atoms with Gasteiger partial charge >= 0.3 is 0 Å². The Morgan fingerprint density at radius 2 is 1.81 bits per heavy atom. The van der Waals surface area contributed by atoms with Gasteiger partial charge in [-0.15, -0.1) is 0 Å². The monoisotopic (exact) mass is 430 g/mol. The Labute approximate surface area is 187 Å². The zero-order valence-corrected chi connectivity index (χ0v) is 19.1. The summed E-state index contributed by atoms with van der Waals surface area (Å²) in [6.07, 6.45) is 1.95. The number of hydrogen-bond donors (Lipinski definition) is 0. The third kappa shape index (κ3) is 4.37. The van der Waals surface area contributed by atoms with Gasteiger partial charge in [0.15, 0.2) is 5.17 Å². The maximum absolute atomic E-state index is 13.3. The molecule has 3 aromatic rings. The number of amides is 1. The van der Waals surface area contributed by atoms with Crippen LogP contribution >= 0.6 is 11.8 Å². The summed E-state index contributed by atoms with van der Waals surface area (Å²) >= 11 is 1.42. The summed E-state index contributed by atoms with van der Waals surface area (Å²) < 4.78 is 5.89. The normalized spacial score (nSPS) is 16.8. The van der Waals surface area contributed by atoms with Crippen LogP contribution in [0.1, 0.15) is 31.9 Å². The number of carbonyl (C=O) groups excluding carboxylic acids is 1. The Morgan fingerprint density at radius 1 is 1.06 bits per heavy atom. The van der Waals surface area contributed by atoms with E-state index < -0.39 is 0 Å². The lowest BCUT2D eigenvalue weighted by atomic mass is 10.0. The maximum atomic E-state index is 13.3. The van der Waals surface area contributed by atoms with Crippen molar-refractivity contribution < 1.29 is 9.53 Å². The number of carbonyl (C=O) groups is 1. The van der Waals surface area contributed by atoms with E-state index in [1.165, 1.54) is 17.3 Å². The van der Waals surface area contributed by atoms with E-state index in [0.29, 0.717) is 16.7 Å². The van der Waals surface area contributed by atoms with Crippen LogP contribution in [-0.4, -0.2) is 28.6 Å². The number of thioether (sulfide) groups is 1. The summed E-state index contributed by atoms with van der Waals surface area (Å²) in [5.41, 5.74) is 2.95. The number of rotatable bonds is 5.